The number of nitrogens with one attached hydrogen (secondary N) is 3. The standard InChI is InChI=1S/C27H28ClF4N9O/c1-39(2)17-4-7-41(14-17)13-15-8-16(27(30,31)32)9-18(23(15)29)37-26-38-25-24(40(26)3)22(28)21(12-36-25)42-20(10-33)19-11-34-5-6-35-19/h5-6,8-12,17,33,35H,4,7,13-14H2,1-3H3,(H,36,37,38)/b20-19+,33-10?. The van der Waals surface area contributed by atoms with E-state index in [9.17, 15) is 13.2 Å². The van der Waals surface area contributed by atoms with E-state index in [0.29, 0.717) is 18.8 Å². The zero-order valence-electron chi connectivity index (χ0n) is 22.9. The van der Waals surface area contributed by atoms with E-state index >= 15 is 4.39 Å². The number of aromatic nitrogens is 3. The number of nitrogens with zero attached hydrogens (tertiary/aromatic N) is 6. The number of halogens is 5. The molecule has 15 heteroatoms. The molecule has 1 fully saturated rings. The Labute approximate surface area is 243 Å². The number of hydrogen-bond donors (Lipinski definition) is 3. The number of likely N-dealkylation sites (tertiary alicyclic amines) is 1. The van der Waals surface area contributed by atoms with Crippen molar-refractivity contribution in [1.82, 2.24) is 29.7 Å². The molecule has 0 bridgehead atoms. The van der Waals surface area contributed by atoms with Crippen molar-refractivity contribution in [3.63, 3.8) is 0 Å². The number of ether oxygens (including phenoxy) is 1. The van der Waals surface area contributed by atoms with Gasteiger partial charge in [0.05, 0.1) is 29.9 Å². The van der Waals surface area contributed by atoms with Gasteiger partial charge in [0.15, 0.2) is 23.0 Å². The molecule has 1 aromatic carbocycles. The SMILES string of the molecule is CN(C)C1CCN(Cc2cc(C(F)(F)F)cc(Nc3nc4ncc(O/C(C=N)=C5\C=NC=CN5)c(Cl)c4n3C)c2F)C1. The average molecular weight is 606 g/mol. The van der Waals surface area contributed by atoms with Gasteiger partial charge >= 0.3 is 6.18 Å². The molecule has 5 rings (SSSR count). The predicted molar refractivity (Wildman–Crippen MR) is 153 cm³/mol. The van der Waals surface area contributed by atoms with E-state index in [1.165, 1.54) is 23.2 Å². The molecule has 222 valence electrons. The van der Waals surface area contributed by atoms with Crippen LogP contribution in [-0.2, 0) is 19.8 Å². The number of hydrogen-bond acceptors (Lipinski definition) is 9. The number of aliphatic imine (C=N–C) groups is 1. The Morgan fingerprint density at radius 3 is 2.76 bits per heavy atom. The van der Waals surface area contributed by atoms with Crippen LogP contribution in [0.1, 0.15) is 17.5 Å². The molecular weight excluding hydrogens is 578 g/mol. The first-order chi connectivity index (χ1) is 20.0. The number of anilines is 2. The highest BCUT2D eigenvalue weighted by molar-refractivity contribution is 6.36. The first kappa shape index (κ1) is 29.5. The number of benzene rings is 1. The fourth-order valence-electron chi connectivity index (χ4n) is 4.83. The lowest BCUT2D eigenvalue weighted by molar-refractivity contribution is -0.137. The zero-order valence-corrected chi connectivity index (χ0v) is 23.7. The van der Waals surface area contributed by atoms with Crippen molar-refractivity contribution >= 4 is 46.8 Å². The van der Waals surface area contributed by atoms with Crippen LogP contribution in [0.3, 0.4) is 0 Å². The predicted octanol–water partition coefficient (Wildman–Crippen LogP) is 5.04. The first-order valence-electron chi connectivity index (χ1n) is 12.9. The highest BCUT2D eigenvalue weighted by atomic mass is 35.5. The number of alkyl halides is 3. The summed E-state index contributed by atoms with van der Waals surface area (Å²) in [5.41, 5.74) is -0.563. The highest BCUT2D eigenvalue weighted by Crippen LogP contribution is 2.37. The number of imidazole rings is 1. The third kappa shape index (κ3) is 5.96. The van der Waals surface area contributed by atoms with E-state index in [-0.39, 0.29) is 57.5 Å². The summed E-state index contributed by atoms with van der Waals surface area (Å²) in [5, 5.41) is 13.4. The van der Waals surface area contributed by atoms with Crippen molar-refractivity contribution in [2.75, 3.05) is 32.5 Å². The summed E-state index contributed by atoms with van der Waals surface area (Å²) in [7, 11) is 5.44. The molecule has 4 heterocycles. The number of fused-ring (bicyclic) bond motifs is 1. The van der Waals surface area contributed by atoms with Crippen LogP contribution in [0.4, 0.5) is 29.2 Å². The third-order valence-electron chi connectivity index (χ3n) is 7.12. The number of allylic oxidation sites excluding steroid dienone is 2. The number of likely N-dealkylation sites (N-methyl/N-ethyl adjacent to an activating group) is 1. The Morgan fingerprint density at radius 1 is 1.33 bits per heavy atom. The molecule has 42 heavy (non-hydrogen) atoms. The maximum atomic E-state index is 15.7. The van der Waals surface area contributed by atoms with Crippen LogP contribution in [0.25, 0.3) is 11.2 Å². The molecule has 2 aliphatic rings. The van der Waals surface area contributed by atoms with Gasteiger partial charge in [0, 0.05) is 50.7 Å². The molecule has 0 spiro atoms. The monoisotopic (exact) mass is 605 g/mol. The molecule has 2 aromatic heterocycles. The van der Waals surface area contributed by atoms with E-state index in [0.717, 1.165) is 24.8 Å². The lowest BCUT2D eigenvalue weighted by atomic mass is 10.1. The average Bonchev–Trinajstić information content (AvgIpc) is 3.55. The Kier molecular flexibility index (Phi) is 8.21. The van der Waals surface area contributed by atoms with Crippen LogP contribution in [0.2, 0.25) is 5.02 Å². The van der Waals surface area contributed by atoms with Crippen LogP contribution in [0.5, 0.6) is 5.75 Å². The van der Waals surface area contributed by atoms with Gasteiger partial charge in [-0.15, -0.1) is 0 Å². The normalized spacial score (nSPS) is 18.5. The summed E-state index contributed by atoms with van der Waals surface area (Å²) in [6.45, 7) is 1.31. The molecule has 0 amide bonds. The Balaban J connectivity index is 1.47. The van der Waals surface area contributed by atoms with Crippen LogP contribution in [0, 0.1) is 11.2 Å². The smallest absolute Gasteiger partial charge is 0.416 e. The van der Waals surface area contributed by atoms with Crippen molar-refractivity contribution < 1.29 is 22.3 Å². The maximum Gasteiger partial charge on any atom is 0.416 e. The van der Waals surface area contributed by atoms with Crippen molar-refractivity contribution in [1.29, 1.82) is 5.41 Å². The van der Waals surface area contributed by atoms with E-state index in [1.54, 1.807) is 13.2 Å². The van der Waals surface area contributed by atoms with Crippen LogP contribution < -0.4 is 15.4 Å². The minimum absolute atomic E-state index is 0.0198. The molecule has 0 aliphatic carbocycles. The summed E-state index contributed by atoms with van der Waals surface area (Å²) in [6.07, 6.45) is 3.00. The van der Waals surface area contributed by atoms with Crippen LogP contribution in [-0.4, -0.2) is 70.0 Å². The second-order valence-electron chi connectivity index (χ2n) is 10.1. The van der Waals surface area contributed by atoms with Gasteiger partial charge in [-0.3, -0.25) is 9.89 Å². The lowest BCUT2D eigenvalue weighted by Gasteiger charge is -2.22. The fraction of sp³-hybridized carbons (Fsp3) is 0.333. The van der Waals surface area contributed by atoms with Gasteiger partial charge in [-0.2, -0.15) is 18.2 Å². The molecule has 2 aliphatic heterocycles. The molecule has 0 saturated carbocycles. The van der Waals surface area contributed by atoms with Crippen LogP contribution in [0.15, 0.2) is 47.2 Å². The largest absolute Gasteiger partial charge is 0.450 e. The second-order valence-corrected chi connectivity index (χ2v) is 10.5. The minimum Gasteiger partial charge on any atom is -0.450 e. The molecule has 3 N–H and O–H groups in total. The van der Waals surface area contributed by atoms with Crippen molar-refractivity contribution in [3.8, 4) is 5.75 Å². The molecule has 1 saturated heterocycles. The summed E-state index contributed by atoms with van der Waals surface area (Å²) in [4.78, 5) is 16.6. The summed E-state index contributed by atoms with van der Waals surface area (Å²) in [6, 6.07) is 1.83. The van der Waals surface area contributed by atoms with Gasteiger partial charge < -0.3 is 30.2 Å². The summed E-state index contributed by atoms with van der Waals surface area (Å²) >= 11 is 6.62. The molecule has 3 aromatic rings. The topological polar surface area (TPSA) is 107 Å². The van der Waals surface area contributed by atoms with Gasteiger partial charge in [-0.25, -0.2) is 9.37 Å². The van der Waals surface area contributed by atoms with Crippen molar-refractivity contribution in [2.45, 2.75) is 25.2 Å². The van der Waals surface area contributed by atoms with Gasteiger partial charge in [-0.1, -0.05) is 11.6 Å². The minimum atomic E-state index is -4.69. The van der Waals surface area contributed by atoms with Gasteiger partial charge in [0.2, 0.25) is 5.95 Å². The van der Waals surface area contributed by atoms with Gasteiger partial charge in [0.1, 0.15) is 16.2 Å². The fourth-order valence-corrected chi connectivity index (χ4v) is 5.13. The summed E-state index contributed by atoms with van der Waals surface area (Å²) < 4.78 is 64.5. The molecule has 10 nitrogen and oxygen atoms in total. The van der Waals surface area contributed by atoms with E-state index < -0.39 is 17.6 Å². The second kappa shape index (κ2) is 11.7. The Morgan fingerprint density at radius 2 is 2.12 bits per heavy atom. The van der Waals surface area contributed by atoms with Gasteiger partial charge in [0.25, 0.3) is 0 Å². The third-order valence-corrected chi connectivity index (χ3v) is 7.48. The maximum absolute atomic E-state index is 15.7. The van der Waals surface area contributed by atoms with E-state index in [2.05, 4.69) is 30.5 Å². The molecular formula is C27H28ClF4N9O. The highest BCUT2D eigenvalue weighted by Gasteiger charge is 2.34. The lowest BCUT2D eigenvalue weighted by Crippen LogP contribution is -2.31. The van der Waals surface area contributed by atoms with Crippen LogP contribution >= 0.6 is 11.6 Å². The number of rotatable bonds is 8. The van der Waals surface area contributed by atoms with Gasteiger partial charge in [-0.05, 0) is 32.6 Å². The van der Waals surface area contributed by atoms with E-state index in [4.69, 9.17) is 21.7 Å². The molecule has 1 unspecified atom stereocenters. The van der Waals surface area contributed by atoms with Crippen molar-refractivity contribution in [3.05, 3.63) is 64.2 Å². The number of pyridine rings is 1. The molecule has 0 radical (unpaired) electrons. The van der Waals surface area contributed by atoms with Crippen molar-refractivity contribution in [2.24, 2.45) is 12.0 Å². The Bertz CT molecular complexity index is 1610. The quantitative estimate of drug-likeness (QED) is 0.188. The number of aryl methyl sites for hydroxylation is 1. The summed E-state index contributed by atoms with van der Waals surface area (Å²) in [5.74, 6) is -0.570. The first-order valence-corrected chi connectivity index (χ1v) is 13.3. The molecule has 1 atom stereocenters. The Hall–Kier alpha value is -4.01. The zero-order chi connectivity index (χ0) is 30.2. The van der Waals surface area contributed by atoms with E-state index in [1.807, 2.05) is 19.0 Å².